The topological polar surface area (TPSA) is 125 Å². The average molecular weight is 319 g/mol. The molecule has 2 aromatic rings. The second-order valence-corrected chi connectivity index (χ2v) is 5.36. The number of benzene rings is 1. The second kappa shape index (κ2) is 6.47. The molecule has 2 rings (SSSR count). The van der Waals surface area contributed by atoms with Gasteiger partial charge in [-0.1, -0.05) is 20.3 Å². The Balaban J connectivity index is 2.35. The predicted molar refractivity (Wildman–Crippen MR) is 83.3 cm³/mol. The number of nitrogens with one attached hydrogen (secondary N) is 2. The number of hydrogen-bond acceptors (Lipinski definition) is 4. The van der Waals surface area contributed by atoms with Crippen molar-refractivity contribution in [1.82, 2.24) is 10.3 Å². The molecule has 0 bridgehead atoms. The molecule has 0 radical (unpaired) electrons. The molecule has 1 aromatic heterocycles. The number of aromatic amines is 1. The molecule has 1 aromatic carbocycles. The van der Waals surface area contributed by atoms with Gasteiger partial charge in [0.25, 0.3) is 11.6 Å². The van der Waals surface area contributed by atoms with Crippen LogP contribution in [0.2, 0.25) is 0 Å². The molecule has 0 aliphatic carbocycles. The van der Waals surface area contributed by atoms with Crippen molar-refractivity contribution in [1.29, 1.82) is 0 Å². The lowest BCUT2D eigenvalue weighted by atomic mass is 9.99. The van der Waals surface area contributed by atoms with Crippen molar-refractivity contribution in [2.24, 2.45) is 5.92 Å². The van der Waals surface area contributed by atoms with Gasteiger partial charge in [-0.3, -0.25) is 14.9 Å². The highest BCUT2D eigenvalue weighted by atomic mass is 16.6. The Bertz CT molecular complexity index is 768. The summed E-state index contributed by atoms with van der Waals surface area (Å²) in [6.45, 7) is 3.57. The Kier molecular flexibility index (Phi) is 4.63. The van der Waals surface area contributed by atoms with Crippen LogP contribution >= 0.6 is 0 Å². The molecule has 3 N–H and O–H groups in total. The summed E-state index contributed by atoms with van der Waals surface area (Å²) in [5.41, 5.74) is 0.609. The van der Waals surface area contributed by atoms with Crippen molar-refractivity contribution in [3.63, 3.8) is 0 Å². The average Bonchev–Trinajstić information content (AvgIpc) is 2.94. The maximum Gasteiger partial charge on any atom is 0.326 e. The van der Waals surface area contributed by atoms with Gasteiger partial charge in [0.15, 0.2) is 0 Å². The quantitative estimate of drug-likeness (QED) is 0.556. The lowest BCUT2D eigenvalue weighted by Gasteiger charge is -2.19. The molecule has 122 valence electrons. The van der Waals surface area contributed by atoms with Crippen molar-refractivity contribution >= 4 is 28.5 Å². The molecule has 0 saturated heterocycles. The lowest BCUT2D eigenvalue weighted by Crippen LogP contribution is -2.44. The van der Waals surface area contributed by atoms with Crippen LogP contribution in [0.15, 0.2) is 24.4 Å². The minimum atomic E-state index is -1.11. The summed E-state index contributed by atoms with van der Waals surface area (Å²) in [5, 5.41) is 23.0. The first-order valence-corrected chi connectivity index (χ1v) is 7.14. The summed E-state index contributed by atoms with van der Waals surface area (Å²) in [6, 6.07) is 3.11. The van der Waals surface area contributed by atoms with Crippen molar-refractivity contribution < 1.29 is 19.6 Å². The van der Waals surface area contributed by atoms with Gasteiger partial charge in [-0.05, 0) is 12.0 Å². The predicted octanol–water partition coefficient (Wildman–Crippen LogP) is 2.31. The van der Waals surface area contributed by atoms with E-state index in [1.165, 1.54) is 24.4 Å². The van der Waals surface area contributed by atoms with Crippen LogP contribution in [0.3, 0.4) is 0 Å². The Hall–Kier alpha value is -2.90. The maximum absolute atomic E-state index is 12.4. The van der Waals surface area contributed by atoms with Crippen molar-refractivity contribution in [3.8, 4) is 0 Å². The van der Waals surface area contributed by atoms with Crippen LogP contribution in [0.5, 0.6) is 0 Å². The van der Waals surface area contributed by atoms with Gasteiger partial charge >= 0.3 is 5.97 Å². The molecule has 8 heteroatoms. The number of carboxylic acids is 1. The fourth-order valence-electron chi connectivity index (χ4n) is 2.31. The minimum absolute atomic E-state index is 0.136. The Labute approximate surface area is 131 Å². The molecular formula is C15H17N3O5. The SMILES string of the molecule is CCC(C)C(NC(=O)c1c[nH]c2ccc([N+](=O)[O-])cc12)C(=O)O. The Morgan fingerprint density at radius 2 is 2.13 bits per heavy atom. The van der Waals surface area contributed by atoms with E-state index in [1.807, 2.05) is 6.92 Å². The number of carbonyl (C=O) groups excluding carboxylic acids is 1. The number of non-ortho nitro benzene ring substituents is 1. The normalized spacial score (nSPS) is 13.5. The van der Waals surface area contributed by atoms with E-state index in [4.69, 9.17) is 0 Å². The number of carboxylic acid groups (broad SMARTS) is 1. The van der Waals surface area contributed by atoms with Crippen molar-refractivity contribution in [3.05, 3.63) is 40.1 Å². The second-order valence-electron chi connectivity index (χ2n) is 5.36. The number of rotatable bonds is 6. The first-order chi connectivity index (χ1) is 10.8. The van der Waals surface area contributed by atoms with E-state index < -0.39 is 22.8 Å². The van der Waals surface area contributed by atoms with Crippen LogP contribution in [0.1, 0.15) is 30.6 Å². The van der Waals surface area contributed by atoms with Crippen LogP contribution in [0.25, 0.3) is 10.9 Å². The van der Waals surface area contributed by atoms with E-state index in [1.54, 1.807) is 6.92 Å². The summed E-state index contributed by atoms with van der Waals surface area (Å²) in [5.74, 6) is -1.93. The van der Waals surface area contributed by atoms with E-state index in [-0.39, 0.29) is 17.2 Å². The first-order valence-electron chi connectivity index (χ1n) is 7.14. The Morgan fingerprint density at radius 3 is 2.70 bits per heavy atom. The van der Waals surface area contributed by atoms with Gasteiger partial charge < -0.3 is 15.4 Å². The number of amides is 1. The number of nitrogens with zero attached hydrogens (tertiary/aromatic N) is 1. The van der Waals surface area contributed by atoms with Gasteiger partial charge in [0.05, 0.1) is 10.5 Å². The third kappa shape index (κ3) is 3.31. The monoisotopic (exact) mass is 319 g/mol. The largest absolute Gasteiger partial charge is 0.480 e. The van der Waals surface area contributed by atoms with E-state index in [0.29, 0.717) is 17.3 Å². The maximum atomic E-state index is 12.4. The van der Waals surface area contributed by atoms with Crippen molar-refractivity contribution in [2.45, 2.75) is 26.3 Å². The van der Waals surface area contributed by atoms with Crippen LogP contribution in [-0.4, -0.2) is 32.9 Å². The number of hydrogen-bond donors (Lipinski definition) is 3. The van der Waals surface area contributed by atoms with Crippen LogP contribution in [0.4, 0.5) is 5.69 Å². The molecule has 1 heterocycles. The molecule has 0 aliphatic heterocycles. The number of nitro benzene ring substituents is 1. The zero-order valence-electron chi connectivity index (χ0n) is 12.7. The molecule has 8 nitrogen and oxygen atoms in total. The zero-order valence-corrected chi connectivity index (χ0v) is 12.7. The fraction of sp³-hybridized carbons (Fsp3) is 0.333. The summed E-state index contributed by atoms with van der Waals surface area (Å²) < 4.78 is 0. The summed E-state index contributed by atoms with van der Waals surface area (Å²) in [7, 11) is 0. The van der Waals surface area contributed by atoms with E-state index in [2.05, 4.69) is 10.3 Å². The molecule has 0 saturated carbocycles. The third-order valence-corrected chi connectivity index (χ3v) is 3.89. The number of nitro groups is 1. The summed E-state index contributed by atoms with van der Waals surface area (Å²) >= 11 is 0. The molecule has 23 heavy (non-hydrogen) atoms. The lowest BCUT2D eigenvalue weighted by molar-refractivity contribution is -0.384. The number of fused-ring (bicyclic) bond motifs is 1. The summed E-state index contributed by atoms with van der Waals surface area (Å²) in [6.07, 6.45) is 2.01. The van der Waals surface area contributed by atoms with Gasteiger partial charge in [-0.2, -0.15) is 0 Å². The molecular weight excluding hydrogens is 302 g/mol. The number of carbonyl (C=O) groups is 2. The van der Waals surface area contributed by atoms with Gasteiger partial charge in [0, 0.05) is 29.2 Å². The van der Waals surface area contributed by atoms with Gasteiger partial charge in [0.1, 0.15) is 6.04 Å². The molecule has 0 fully saturated rings. The fourth-order valence-corrected chi connectivity index (χ4v) is 2.31. The highest BCUT2D eigenvalue weighted by Gasteiger charge is 2.27. The molecule has 2 unspecified atom stereocenters. The zero-order chi connectivity index (χ0) is 17.1. The standard InChI is InChI=1S/C15H17N3O5/c1-3-8(2)13(15(20)21)17-14(19)11-7-16-12-5-4-9(18(22)23)6-10(11)12/h4-8,13,16H,3H2,1-2H3,(H,17,19)(H,20,21). The first kappa shape index (κ1) is 16.5. The summed E-state index contributed by atoms with van der Waals surface area (Å²) in [4.78, 5) is 36.8. The molecule has 1 amide bonds. The highest BCUT2D eigenvalue weighted by molar-refractivity contribution is 6.08. The van der Waals surface area contributed by atoms with Crippen LogP contribution in [-0.2, 0) is 4.79 Å². The smallest absolute Gasteiger partial charge is 0.326 e. The van der Waals surface area contributed by atoms with Gasteiger partial charge in [-0.25, -0.2) is 4.79 Å². The number of aromatic nitrogens is 1. The molecule has 2 atom stereocenters. The molecule has 0 spiro atoms. The van der Waals surface area contributed by atoms with Crippen molar-refractivity contribution in [2.75, 3.05) is 0 Å². The highest BCUT2D eigenvalue weighted by Crippen LogP contribution is 2.24. The number of H-pyrrole nitrogens is 1. The molecule has 0 aliphatic rings. The van der Waals surface area contributed by atoms with Gasteiger partial charge in [-0.15, -0.1) is 0 Å². The minimum Gasteiger partial charge on any atom is -0.480 e. The number of aliphatic carboxylic acids is 1. The van der Waals surface area contributed by atoms with E-state index >= 15 is 0 Å². The van der Waals surface area contributed by atoms with Crippen LogP contribution in [0, 0.1) is 16.0 Å². The van der Waals surface area contributed by atoms with E-state index in [9.17, 15) is 24.8 Å². The third-order valence-electron chi connectivity index (χ3n) is 3.89. The van der Waals surface area contributed by atoms with Crippen LogP contribution < -0.4 is 5.32 Å². The van der Waals surface area contributed by atoms with Gasteiger partial charge in [0.2, 0.25) is 0 Å². The van der Waals surface area contributed by atoms with E-state index in [0.717, 1.165) is 0 Å². The Morgan fingerprint density at radius 1 is 1.43 bits per heavy atom.